The molecule has 0 aliphatic carbocycles. The minimum Gasteiger partial charge on any atom is -0.497 e. The first-order chi connectivity index (χ1) is 9.24. The van der Waals surface area contributed by atoms with E-state index in [0.29, 0.717) is 6.04 Å². The Labute approximate surface area is 116 Å². The lowest BCUT2D eigenvalue weighted by Gasteiger charge is -2.33. The molecule has 1 aromatic rings. The lowest BCUT2D eigenvalue weighted by atomic mass is 10.2. The number of benzene rings is 1. The maximum Gasteiger partial charge on any atom is 0.119 e. The van der Waals surface area contributed by atoms with Crippen LogP contribution < -0.4 is 15.0 Å². The summed E-state index contributed by atoms with van der Waals surface area (Å²) < 4.78 is 5.23. The molecule has 1 saturated heterocycles. The van der Waals surface area contributed by atoms with Gasteiger partial charge in [-0.05, 0) is 51.3 Å². The summed E-state index contributed by atoms with van der Waals surface area (Å²) in [5.74, 6) is 0.917. The van der Waals surface area contributed by atoms with Gasteiger partial charge in [0.2, 0.25) is 0 Å². The number of hydrogen-bond acceptors (Lipinski definition) is 4. The van der Waals surface area contributed by atoms with Crippen molar-refractivity contribution in [1.82, 2.24) is 10.2 Å². The summed E-state index contributed by atoms with van der Waals surface area (Å²) in [5.41, 5.74) is 1.29. The van der Waals surface area contributed by atoms with E-state index in [0.717, 1.165) is 25.4 Å². The Morgan fingerprint density at radius 3 is 2.63 bits per heavy atom. The summed E-state index contributed by atoms with van der Waals surface area (Å²) in [6.45, 7) is 4.40. The summed E-state index contributed by atoms with van der Waals surface area (Å²) in [6, 6.07) is 8.92. The van der Waals surface area contributed by atoms with Crippen LogP contribution in [0, 0.1) is 0 Å². The Kier molecular flexibility index (Phi) is 5.05. The lowest BCUT2D eigenvalue weighted by molar-refractivity contribution is 0.328. The third kappa shape index (κ3) is 3.61. The van der Waals surface area contributed by atoms with Crippen molar-refractivity contribution in [2.24, 2.45) is 0 Å². The van der Waals surface area contributed by atoms with Crippen molar-refractivity contribution in [2.75, 3.05) is 52.3 Å². The van der Waals surface area contributed by atoms with Crippen molar-refractivity contribution in [2.45, 2.75) is 12.5 Å². The molecule has 0 aromatic heterocycles. The predicted octanol–water partition coefficient (Wildman–Crippen LogP) is 1.43. The summed E-state index contributed by atoms with van der Waals surface area (Å²) in [7, 11) is 5.94. The first-order valence-corrected chi connectivity index (χ1v) is 6.98. The van der Waals surface area contributed by atoms with E-state index < -0.39 is 0 Å². The maximum absolute atomic E-state index is 5.23. The van der Waals surface area contributed by atoms with Crippen LogP contribution in [0.15, 0.2) is 24.3 Å². The van der Waals surface area contributed by atoms with Crippen LogP contribution in [0.3, 0.4) is 0 Å². The zero-order valence-electron chi connectivity index (χ0n) is 12.2. The van der Waals surface area contributed by atoms with Crippen molar-refractivity contribution >= 4 is 5.69 Å². The second kappa shape index (κ2) is 6.78. The average molecular weight is 263 g/mol. The van der Waals surface area contributed by atoms with Crippen molar-refractivity contribution in [3.05, 3.63) is 24.3 Å². The Balaban J connectivity index is 2.17. The normalized spacial score (nSPS) is 21.2. The van der Waals surface area contributed by atoms with Crippen LogP contribution in [0.25, 0.3) is 0 Å². The van der Waals surface area contributed by atoms with Crippen LogP contribution in [0.5, 0.6) is 5.75 Å². The molecule has 0 amide bonds. The Bertz CT molecular complexity index is 379. The van der Waals surface area contributed by atoms with Crippen LogP contribution in [0.4, 0.5) is 5.69 Å². The molecule has 1 N–H and O–H groups in total. The predicted molar refractivity (Wildman–Crippen MR) is 80.2 cm³/mol. The topological polar surface area (TPSA) is 27.7 Å². The van der Waals surface area contributed by atoms with E-state index in [-0.39, 0.29) is 0 Å². The van der Waals surface area contributed by atoms with Crippen molar-refractivity contribution in [3.8, 4) is 5.75 Å². The number of rotatable bonds is 4. The first kappa shape index (κ1) is 14.2. The van der Waals surface area contributed by atoms with E-state index in [1.165, 1.54) is 18.7 Å². The molecule has 19 heavy (non-hydrogen) atoms. The van der Waals surface area contributed by atoms with Gasteiger partial charge < -0.3 is 19.9 Å². The van der Waals surface area contributed by atoms with Crippen LogP contribution >= 0.6 is 0 Å². The molecule has 1 aromatic carbocycles. The second-order valence-corrected chi connectivity index (χ2v) is 5.22. The molecule has 1 aliphatic heterocycles. The maximum atomic E-state index is 5.23. The van der Waals surface area contributed by atoms with Gasteiger partial charge in [-0.1, -0.05) is 0 Å². The molecule has 1 heterocycles. The smallest absolute Gasteiger partial charge is 0.119 e. The minimum absolute atomic E-state index is 0.519. The standard InChI is InChI=1S/C15H25N3O/c1-16-11-14-12-17(2)9-4-10-18(14)13-5-7-15(19-3)8-6-13/h5-8,14,16H,4,9-12H2,1-3H3. The minimum atomic E-state index is 0.519. The van der Waals surface area contributed by atoms with Gasteiger partial charge in [-0.25, -0.2) is 0 Å². The molecule has 0 radical (unpaired) electrons. The zero-order chi connectivity index (χ0) is 13.7. The SMILES string of the molecule is CNCC1CN(C)CCCN1c1ccc(OC)cc1. The van der Waals surface area contributed by atoms with Gasteiger partial charge in [-0.3, -0.25) is 0 Å². The number of anilines is 1. The largest absolute Gasteiger partial charge is 0.497 e. The quantitative estimate of drug-likeness (QED) is 0.889. The number of likely N-dealkylation sites (N-methyl/N-ethyl adjacent to an activating group) is 2. The Morgan fingerprint density at radius 1 is 1.26 bits per heavy atom. The van der Waals surface area contributed by atoms with Gasteiger partial charge >= 0.3 is 0 Å². The van der Waals surface area contributed by atoms with Crippen molar-refractivity contribution < 1.29 is 4.74 Å². The lowest BCUT2D eigenvalue weighted by Crippen LogP contribution is -2.46. The number of methoxy groups -OCH3 is 1. The summed E-state index contributed by atoms with van der Waals surface area (Å²) >= 11 is 0. The fourth-order valence-corrected chi connectivity index (χ4v) is 2.77. The van der Waals surface area contributed by atoms with E-state index in [1.54, 1.807) is 7.11 Å². The molecule has 1 unspecified atom stereocenters. The van der Waals surface area contributed by atoms with Gasteiger partial charge in [-0.2, -0.15) is 0 Å². The molecule has 0 spiro atoms. The highest BCUT2D eigenvalue weighted by Crippen LogP contribution is 2.23. The molecular formula is C15H25N3O. The van der Waals surface area contributed by atoms with E-state index in [4.69, 9.17) is 4.74 Å². The number of nitrogens with one attached hydrogen (secondary N) is 1. The van der Waals surface area contributed by atoms with Crippen LogP contribution in [0.1, 0.15) is 6.42 Å². The highest BCUT2D eigenvalue weighted by Gasteiger charge is 2.22. The highest BCUT2D eigenvalue weighted by atomic mass is 16.5. The van der Waals surface area contributed by atoms with E-state index in [2.05, 4.69) is 34.3 Å². The van der Waals surface area contributed by atoms with Gasteiger partial charge in [0, 0.05) is 25.3 Å². The van der Waals surface area contributed by atoms with Crippen molar-refractivity contribution in [1.29, 1.82) is 0 Å². The van der Waals surface area contributed by atoms with Gasteiger partial charge in [0.05, 0.1) is 13.2 Å². The van der Waals surface area contributed by atoms with Crippen LogP contribution in [-0.2, 0) is 0 Å². The van der Waals surface area contributed by atoms with Crippen LogP contribution in [0.2, 0.25) is 0 Å². The summed E-state index contributed by atoms with van der Waals surface area (Å²) in [6.07, 6.45) is 1.21. The van der Waals surface area contributed by atoms with Gasteiger partial charge in [0.15, 0.2) is 0 Å². The monoisotopic (exact) mass is 263 g/mol. The third-order valence-electron chi connectivity index (χ3n) is 3.75. The fraction of sp³-hybridized carbons (Fsp3) is 0.600. The van der Waals surface area contributed by atoms with Gasteiger partial charge in [0.1, 0.15) is 5.75 Å². The number of hydrogen-bond donors (Lipinski definition) is 1. The first-order valence-electron chi connectivity index (χ1n) is 6.98. The molecule has 1 fully saturated rings. The molecule has 1 aliphatic rings. The number of ether oxygens (including phenoxy) is 1. The summed E-state index contributed by atoms with van der Waals surface area (Å²) in [5, 5.41) is 3.32. The third-order valence-corrected chi connectivity index (χ3v) is 3.75. The zero-order valence-corrected chi connectivity index (χ0v) is 12.2. The van der Waals surface area contributed by atoms with Crippen LogP contribution in [-0.4, -0.2) is 58.3 Å². The molecule has 1 atom stereocenters. The Morgan fingerprint density at radius 2 is 2.00 bits per heavy atom. The van der Waals surface area contributed by atoms with E-state index in [9.17, 15) is 0 Å². The molecule has 0 bridgehead atoms. The van der Waals surface area contributed by atoms with E-state index in [1.807, 2.05) is 19.2 Å². The molecule has 4 nitrogen and oxygen atoms in total. The van der Waals surface area contributed by atoms with E-state index >= 15 is 0 Å². The van der Waals surface area contributed by atoms with Crippen molar-refractivity contribution in [3.63, 3.8) is 0 Å². The molecule has 106 valence electrons. The second-order valence-electron chi connectivity index (χ2n) is 5.22. The average Bonchev–Trinajstić information content (AvgIpc) is 2.61. The van der Waals surface area contributed by atoms with Gasteiger partial charge in [0.25, 0.3) is 0 Å². The molecule has 4 heteroatoms. The number of nitrogens with zero attached hydrogens (tertiary/aromatic N) is 2. The fourth-order valence-electron chi connectivity index (χ4n) is 2.77. The molecular weight excluding hydrogens is 238 g/mol. The Hall–Kier alpha value is -1.26. The molecule has 2 rings (SSSR count). The molecule has 0 saturated carbocycles. The highest BCUT2D eigenvalue weighted by molar-refractivity contribution is 5.50. The van der Waals surface area contributed by atoms with Gasteiger partial charge in [-0.15, -0.1) is 0 Å². The summed E-state index contributed by atoms with van der Waals surface area (Å²) in [4.78, 5) is 4.94.